The van der Waals surface area contributed by atoms with E-state index in [-0.39, 0.29) is 12.5 Å². The van der Waals surface area contributed by atoms with Crippen molar-refractivity contribution in [2.75, 3.05) is 0 Å². The molecule has 2 rings (SSSR count). The molecule has 5 heteroatoms. The molecule has 2 aromatic rings. The molecule has 1 aromatic heterocycles. The molecule has 0 saturated heterocycles. The highest BCUT2D eigenvalue weighted by molar-refractivity contribution is 5.91. The number of nitrogens with one attached hydrogen (secondary N) is 2. The summed E-state index contributed by atoms with van der Waals surface area (Å²) >= 11 is 0. The molecule has 0 aliphatic rings. The van der Waals surface area contributed by atoms with E-state index in [2.05, 4.69) is 15.5 Å². The molecule has 0 atom stereocenters. The number of hydrogen-bond donors (Lipinski definition) is 3. The van der Waals surface area contributed by atoms with Crippen LogP contribution in [0.3, 0.4) is 0 Å². The Morgan fingerprint density at radius 1 is 1.35 bits per heavy atom. The summed E-state index contributed by atoms with van der Waals surface area (Å²) in [5.74, 6) is -0.197. The number of aliphatic hydroxyl groups excluding tert-OH is 1. The third-order valence-corrected chi connectivity index (χ3v) is 2.37. The number of aromatic amines is 1. The summed E-state index contributed by atoms with van der Waals surface area (Å²) in [6.45, 7) is 0.425. The molecule has 0 fully saturated rings. The van der Waals surface area contributed by atoms with Gasteiger partial charge in [-0.1, -0.05) is 24.3 Å². The average molecular weight is 231 g/mol. The van der Waals surface area contributed by atoms with Gasteiger partial charge >= 0.3 is 0 Å². The van der Waals surface area contributed by atoms with Gasteiger partial charge in [0.05, 0.1) is 6.61 Å². The van der Waals surface area contributed by atoms with Crippen molar-refractivity contribution in [1.29, 1.82) is 0 Å². The first-order valence-corrected chi connectivity index (χ1v) is 5.26. The summed E-state index contributed by atoms with van der Waals surface area (Å²) < 4.78 is 0. The zero-order chi connectivity index (χ0) is 12.1. The van der Waals surface area contributed by atoms with Crippen molar-refractivity contribution in [1.82, 2.24) is 15.5 Å². The third-order valence-electron chi connectivity index (χ3n) is 2.37. The van der Waals surface area contributed by atoms with Gasteiger partial charge in [-0.3, -0.25) is 9.89 Å². The van der Waals surface area contributed by atoms with Gasteiger partial charge in [0, 0.05) is 12.7 Å². The van der Waals surface area contributed by atoms with Crippen LogP contribution in [0, 0.1) is 0 Å². The molecule has 5 nitrogen and oxygen atoms in total. The number of benzene rings is 1. The Bertz CT molecular complexity index is 494. The maximum atomic E-state index is 11.6. The van der Waals surface area contributed by atoms with E-state index in [9.17, 15) is 4.79 Å². The molecule has 1 amide bonds. The molecule has 1 heterocycles. The van der Waals surface area contributed by atoms with E-state index in [1.807, 2.05) is 24.3 Å². The van der Waals surface area contributed by atoms with Crippen LogP contribution in [0.25, 0.3) is 0 Å². The zero-order valence-corrected chi connectivity index (χ0v) is 9.18. The highest BCUT2D eigenvalue weighted by Crippen LogP contribution is 2.05. The predicted molar refractivity (Wildman–Crippen MR) is 62.1 cm³/mol. The number of H-pyrrole nitrogens is 1. The molecule has 88 valence electrons. The molecular weight excluding hydrogens is 218 g/mol. The lowest BCUT2D eigenvalue weighted by molar-refractivity contribution is 0.0946. The lowest BCUT2D eigenvalue weighted by Crippen LogP contribution is -2.23. The van der Waals surface area contributed by atoms with Gasteiger partial charge in [-0.25, -0.2) is 0 Å². The van der Waals surface area contributed by atoms with Crippen molar-refractivity contribution in [2.24, 2.45) is 0 Å². The summed E-state index contributed by atoms with van der Waals surface area (Å²) in [6, 6.07) is 9.04. The summed E-state index contributed by atoms with van der Waals surface area (Å²) in [6.07, 6.45) is 1.53. The Kier molecular flexibility index (Phi) is 3.52. The minimum atomic E-state index is -0.197. The molecule has 0 spiro atoms. The van der Waals surface area contributed by atoms with Gasteiger partial charge in [0.1, 0.15) is 5.69 Å². The van der Waals surface area contributed by atoms with E-state index >= 15 is 0 Å². The van der Waals surface area contributed by atoms with Crippen molar-refractivity contribution < 1.29 is 9.90 Å². The normalized spacial score (nSPS) is 10.2. The minimum Gasteiger partial charge on any atom is -0.392 e. The second-order valence-electron chi connectivity index (χ2n) is 3.63. The fourth-order valence-corrected chi connectivity index (χ4v) is 1.50. The highest BCUT2D eigenvalue weighted by Gasteiger charge is 2.05. The SMILES string of the molecule is O=C(NCc1cccc(CO)c1)c1ccn[nH]1. The van der Waals surface area contributed by atoms with Crippen LogP contribution < -0.4 is 5.32 Å². The predicted octanol–water partition coefficient (Wildman–Crippen LogP) is 0.832. The third kappa shape index (κ3) is 2.92. The average Bonchev–Trinajstić information content (AvgIpc) is 2.90. The van der Waals surface area contributed by atoms with Crippen molar-refractivity contribution in [3.8, 4) is 0 Å². The molecule has 0 saturated carbocycles. The summed E-state index contributed by atoms with van der Waals surface area (Å²) in [5.41, 5.74) is 2.21. The van der Waals surface area contributed by atoms with E-state index in [1.165, 1.54) is 6.20 Å². The second-order valence-corrected chi connectivity index (χ2v) is 3.63. The Hall–Kier alpha value is -2.14. The quantitative estimate of drug-likeness (QED) is 0.729. The molecule has 0 aliphatic carbocycles. The van der Waals surface area contributed by atoms with Gasteiger partial charge in [-0.2, -0.15) is 5.10 Å². The first-order valence-electron chi connectivity index (χ1n) is 5.26. The minimum absolute atomic E-state index is 0.00232. The van der Waals surface area contributed by atoms with Gasteiger partial charge in [-0.05, 0) is 17.2 Å². The number of carbonyl (C=O) groups is 1. The smallest absolute Gasteiger partial charge is 0.269 e. The first kappa shape index (κ1) is 11.3. The van der Waals surface area contributed by atoms with E-state index in [0.717, 1.165) is 11.1 Å². The van der Waals surface area contributed by atoms with Crippen LogP contribution in [-0.4, -0.2) is 21.2 Å². The molecular formula is C12H13N3O2. The number of amides is 1. The second kappa shape index (κ2) is 5.27. The van der Waals surface area contributed by atoms with Crippen LogP contribution in [0.2, 0.25) is 0 Å². The topological polar surface area (TPSA) is 78.0 Å². The molecule has 0 bridgehead atoms. The van der Waals surface area contributed by atoms with Crippen LogP contribution in [0.5, 0.6) is 0 Å². The zero-order valence-electron chi connectivity index (χ0n) is 9.18. The van der Waals surface area contributed by atoms with Crippen molar-refractivity contribution in [3.05, 3.63) is 53.3 Å². The van der Waals surface area contributed by atoms with Crippen LogP contribution in [0.4, 0.5) is 0 Å². The number of aromatic nitrogens is 2. The maximum absolute atomic E-state index is 11.6. The number of rotatable bonds is 4. The van der Waals surface area contributed by atoms with Crippen LogP contribution >= 0.6 is 0 Å². The maximum Gasteiger partial charge on any atom is 0.269 e. The van der Waals surface area contributed by atoms with Gasteiger partial charge in [0.15, 0.2) is 0 Å². The molecule has 1 aromatic carbocycles. The Labute approximate surface area is 98.5 Å². The summed E-state index contributed by atoms with van der Waals surface area (Å²) in [5, 5.41) is 18.1. The van der Waals surface area contributed by atoms with Crippen molar-refractivity contribution >= 4 is 5.91 Å². The molecule has 0 aliphatic heterocycles. The molecule has 17 heavy (non-hydrogen) atoms. The van der Waals surface area contributed by atoms with Gasteiger partial charge in [-0.15, -0.1) is 0 Å². The molecule has 0 radical (unpaired) electrons. The number of hydrogen-bond acceptors (Lipinski definition) is 3. The van der Waals surface area contributed by atoms with Crippen LogP contribution in [-0.2, 0) is 13.2 Å². The lowest BCUT2D eigenvalue weighted by atomic mass is 10.1. The van der Waals surface area contributed by atoms with E-state index in [4.69, 9.17) is 5.11 Å². The number of carbonyl (C=O) groups excluding carboxylic acids is 1. The summed E-state index contributed by atoms with van der Waals surface area (Å²) in [7, 11) is 0. The van der Waals surface area contributed by atoms with Crippen LogP contribution in [0.15, 0.2) is 36.5 Å². The fraction of sp³-hybridized carbons (Fsp3) is 0.167. The van der Waals surface area contributed by atoms with Gasteiger partial charge in [0.2, 0.25) is 0 Å². The lowest BCUT2D eigenvalue weighted by Gasteiger charge is -2.05. The number of aliphatic hydroxyl groups is 1. The Morgan fingerprint density at radius 2 is 2.18 bits per heavy atom. The van der Waals surface area contributed by atoms with Crippen molar-refractivity contribution in [3.63, 3.8) is 0 Å². The van der Waals surface area contributed by atoms with Crippen molar-refractivity contribution in [2.45, 2.75) is 13.2 Å². The standard InChI is InChI=1S/C12H13N3O2/c16-8-10-3-1-2-9(6-10)7-13-12(17)11-4-5-14-15-11/h1-6,16H,7-8H2,(H,13,17)(H,14,15). The molecule has 3 N–H and O–H groups in total. The van der Waals surface area contributed by atoms with Gasteiger partial charge < -0.3 is 10.4 Å². The van der Waals surface area contributed by atoms with Gasteiger partial charge in [0.25, 0.3) is 5.91 Å². The largest absolute Gasteiger partial charge is 0.392 e. The Morgan fingerprint density at radius 3 is 2.88 bits per heavy atom. The van der Waals surface area contributed by atoms with E-state index in [1.54, 1.807) is 6.07 Å². The van der Waals surface area contributed by atoms with E-state index < -0.39 is 0 Å². The Balaban J connectivity index is 1.95. The fourth-order valence-electron chi connectivity index (χ4n) is 1.50. The summed E-state index contributed by atoms with van der Waals surface area (Å²) in [4.78, 5) is 11.6. The van der Waals surface area contributed by atoms with Crippen LogP contribution in [0.1, 0.15) is 21.6 Å². The highest BCUT2D eigenvalue weighted by atomic mass is 16.3. The van der Waals surface area contributed by atoms with E-state index in [0.29, 0.717) is 12.2 Å². The monoisotopic (exact) mass is 231 g/mol. The number of nitrogens with zero attached hydrogens (tertiary/aromatic N) is 1. The first-order chi connectivity index (χ1) is 8.29. The molecule has 0 unspecified atom stereocenters.